The number of carbonyl (C=O) groups is 1. The number of hydrogen-bond donors (Lipinski definition) is 2. The van der Waals surface area contributed by atoms with Crippen LogP contribution < -0.4 is 24.8 Å². The van der Waals surface area contributed by atoms with E-state index in [0.717, 1.165) is 11.3 Å². The molecule has 7 nitrogen and oxygen atoms in total. The van der Waals surface area contributed by atoms with Gasteiger partial charge in [-0.2, -0.15) is 0 Å². The predicted octanol–water partition coefficient (Wildman–Crippen LogP) is 4.12. The van der Waals surface area contributed by atoms with Gasteiger partial charge in [0.15, 0.2) is 11.5 Å². The molecule has 4 rings (SSSR count). The van der Waals surface area contributed by atoms with Crippen molar-refractivity contribution in [1.29, 1.82) is 0 Å². The fourth-order valence-electron chi connectivity index (χ4n) is 2.88. The Morgan fingerprint density at radius 2 is 1.93 bits per heavy atom. The van der Waals surface area contributed by atoms with Gasteiger partial charge in [-0.05, 0) is 48.9 Å². The molecule has 2 heterocycles. The Bertz CT molecular complexity index is 1040. The number of methoxy groups -OCH3 is 1. The number of aryl methyl sites for hydroxylation is 1. The van der Waals surface area contributed by atoms with E-state index in [1.165, 1.54) is 0 Å². The number of rotatable bonds is 5. The molecule has 1 aliphatic rings. The zero-order valence-corrected chi connectivity index (χ0v) is 15.5. The number of nitrogens with zero attached hydrogens (tertiary/aromatic N) is 1. The molecule has 3 aromatic rings. The number of ether oxygens (including phenoxy) is 3. The highest BCUT2D eigenvalue weighted by molar-refractivity contribution is 6.04. The second-order valence-corrected chi connectivity index (χ2v) is 6.28. The van der Waals surface area contributed by atoms with E-state index in [1.807, 2.05) is 25.1 Å². The Hall–Kier alpha value is -3.74. The minimum atomic E-state index is -0.250. The molecule has 0 fully saturated rings. The van der Waals surface area contributed by atoms with Crippen LogP contribution in [0.1, 0.15) is 15.9 Å². The maximum Gasteiger partial charge on any atom is 0.255 e. The third-order valence-corrected chi connectivity index (χ3v) is 4.27. The number of aromatic nitrogens is 1. The minimum absolute atomic E-state index is 0.189. The van der Waals surface area contributed by atoms with Crippen molar-refractivity contribution in [1.82, 2.24) is 4.98 Å². The molecule has 0 unspecified atom stereocenters. The first-order valence-electron chi connectivity index (χ1n) is 8.71. The predicted molar refractivity (Wildman–Crippen MR) is 106 cm³/mol. The molecule has 1 amide bonds. The van der Waals surface area contributed by atoms with Crippen molar-refractivity contribution in [3.05, 3.63) is 65.9 Å². The van der Waals surface area contributed by atoms with Crippen LogP contribution in [-0.2, 0) is 0 Å². The molecular weight excluding hydrogens is 358 g/mol. The first kappa shape index (κ1) is 17.7. The number of carbonyl (C=O) groups excluding carboxylic acids is 1. The maximum absolute atomic E-state index is 12.6. The molecule has 0 saturated heterocycles. The summed E-state index contributed by atoms with van der Waals surface area (Å²) in [6.45, 7) is 2.18. The smallest absolute Gasteiger partial charge is 0.255 e. The average molecular weight is 377 g/mol. The number of fused-ring (bicyclic) bond motifs is 1. The Balaban J connectivity index is 1.52. The summed E-state index contributed by atoms with van der Waals surface area (Å²) < 4.78 is 16.0. The van der Waals surface area contributed by atoms with E-state index in [0.29, 0.717) is 34.3 Å². The molecule has 2 aromatic carbocycles. The summed E-state index contributed by atoms with van der Waals surface area (Å²) in [6, 6.07) is 14.4. The number of pyridine rings is 1. The van der Waals surface area contributed by atoms with E-state index < -0.39 is 0 Å². The zero-order chi connectivity index (χ0) is 19.5. The van der Waals surface area contributed by atoms with Gasteiger partial charge in [-0.25, -0.2) is 4.98 Å². The third-order valence-electron chi connectivity index (χ3n) is 4.27. The lowest BCUT2D eigenvalue weighted by Crippen LogP contribution is -2.12. The van der Waals surface area contributed by atoms with Crippen LogP contribution in [-0.4, -0.2) is 24.8 Å². The van der Waals surface area contributed by atoms with E-state index in [4.69, 9.17) is 14.2 Å². The molecule has 0 bridgehead atoms. The van der Waals surface area contributed by atoms with Crippen LogP contribution in [0.15, 0.2) is 54.7 Å². The molecule has 142 valence electrons. The number of amides is 1. The fraction of sp³-hybridized carbons (Fsp3) is 0.143. The van der Waals surface area contributed by atoms with Gasteiger partial charge in [0.2, 0.25) is 6.79 Å². The van der Waals surface area contributed by atoms with E-state index in [9.17, 15) is 4.79 Å². The highest BCUT2D eigenvalue weighted by atomic mass is 16.7. The molecule has 0 aliphatic carbocycles. The average Bonchev–Trinajstić information content (AvgIpc) is 3.16. The molecule has 0 spiro atoms. The van der Waals surface area contributed by atoms with Crippen LogP contribution in [0.3, 0.4) is 0 Å². The molecular formula is C21H19N3O4. The summed E-state index contributed by atoms with van der Waals surface area (Å²) in [4.78, 5) is 16.9. The van der Waals surface area contributed by atoms with Crippen LogP contribution in [0.2, 0.25) is 0 Å². The fourth-order valence-corrected chi connectivity index (χ4v) is 2.88. The maximum atomic E-state index is 12.6. The van der Waals surface area contributed by atoms with Gasteiger partial charge in [0.1, 0.15) is 11.6 Å². The van der Waals surface area contributed by atoms with Gasteiger partial charge in [0.05, 0.1) is 12.8 Å². The van der Waals surface area contributed by atoms with Crippen molar-refractivity contribution in [2.75, 3.05) is 24.5 Å². The van der Waals surface area contributed by atoms with Gasteiger partial charge in [0, 0.05) is 23.5 Å². The molecule has 2 N–H and O–H groups in total. The van der Waals surface area contributed by atoms with Crippen molar-refractivity contribution in [2.24, 2.45) is 0 Å². The van der Waals surface area contributed by atoms with Gasteiger partial charge in [-0.15, -0.1) is 0 Å². The lowest BCUT2D eigenvalue weighted by atomic mass is 10.2. The third kappa shape index (κ3) is 3.68. The molecule has 0 atom stereocenters. The van der Waals surface area contributed by atoms with E-state index >= 15 is 0 Å². The van der Waals surface area contributed by atoms with E-state index in [2.05, 4.69) is 15.6 Å². The zero-order valence-electron chi connectivity index (χ0n) is 15.5. The van der Waals surface area contributed by atoms with Crippen molar-refractivity contribution in [3.8, 4) is 17.2 Å². The van der Waals surface area contributed by atoms with Gasteiger partial charge in [-0.1, -0.05) is 6.07 Å². The molecule has 0 saturated carbocycles. The molecule has 1 aliphatic heterocycles. The molecule has 0 radical (unpaired) electrons. The molecule has 7 heteroatoms. The topological polar surface area (TPSA) is 81.7 Å². The lowest BCUT2D eigenvalue weighted by Gasteiger charge is -2.12. The lowest BCUT2D eigenvalue weighted by molar-refractivity contribution is 0.102. The Labute approximate surface area is 162 Å². The van der Waals surface area contributed by atoms with Crippen LogP contribution in [0.4, 0.5) is 17.2 Å². The number of anilines is 3. The summed E-state index contributed by atoms with van der Waals surface area (Å²) in [6.07, 6.45) is 1.58. The van der Waals surface area contributed by atoms with Gasteiger partial charge in [-0.3, -0.25) is 4.79 Å². The van der Waals surface area contributed by atoms with Crippen LogP contribution in [0.5, 0.6) is 17.2 Å². The summed E-state index contributed by atoms with van der Waals surface area (Å²) >= 11 is 0. The summed E-state index contributed by atoms with van der Waals surface area (Å²) in [5.74, 6) is 2.27. The van der Waals surface area contributed by atoms with Gasteiger partial charge < -0.3 is 24.8 Å². The highest BCUT2D eigenvalue weighted by Gasteiger charge is 2.15. The SMILES string of the molecule is COc1ccc(C)cc1Nc1cc(C(=O)Nc2ccc3c(c2)OCO3)ccn1. The van der Waals surface area contributed by atoms with Crippen molar-refractivity contribution >= 4 is 23.1 Å². The standard InChI is InChI=1S/C21H19N3O4/c1-13-3-5-17(26-2)16(9-13)24-20-10-14(7-8-22-20)21(25)23-15-4-6-18-19(11-15)28-12-27-18/h3-11H,12H2,1-2H3,(H,22,24)(H,23,25). The summed E-state index contributed by atoms with van der Waals surface area (Å²) in [7, 11) is 1.61. The highest BCUT2D eigenvalue weighted by Crippen LogP contribution is 2.34. The number of benzene rings is 2. The Morgan fingerprint density at radius 3 is 2.79 bits per heavy atom. The first-order valence-corrected chi connectivity index (χ1v) is 8.71. The normalized spacial score (nSPS) is 11.8. The van der Waals surface area contributed by atoms with E-state index in [-0.39, 0.29) is 12.7 Å². The Morgan fingerprint density at radius 1 is 1.07 bits per heavy atom. The van der Waals surface area contributed by atoms with Crippen molar-refractivity contribution < 1.29 is 19.0 Å². The Kier molecular flexibility index (Phi) is 4.72. The summed E-state index contributed by atoms with van der Waals surface area (Å²) in [5.41, 5.74) is 2.96. The van der Waals surface area contributed by atoms with Crippen LogP contribution in [0.25, 0.3) is 0 Å². The van der Waals surface area contributed by atoms with Crippen LogP contribution in [0, 0.1) is 6.92 Å². The second kappa shape index (κ2) is 7.48. The van der Waals surface area contributed by atoms with Gasteiger partial charge in [0.25, 0.3) is 5.91 Å². The number of hydrogen-bond acceptors (Lipinski definition) is 6. The monoisotopic (exact) mass is 377 g/mol. The summed E-state index contributed by atoms with van der Waals surface area (Å²) in [5, 5.41) is 6.06. The van der Waals surface area contributed by atoms with E-state index in [1.54, 1.807) is 43.6 Å². The van der Waals surface area contributed by atoms with Crippen LogP contribution >= 0.6 is 0 Å². The molecule has 1 aromatic heterocycles. The minimum Gasteiger partial charge on any atom is -0.495 e. The quantitative estimate of drug-likeness (QED) is 0.696. The van der Waals surface area contributed by atoms with Gasteiger partial charge >= 0.3 is 0 Å². The van der Waals surface area contributed by atoms with Crippen molar-refractivity contribution in [3.63, 3.8) is 0 Å². The molecule has 28 heavy (non-hydrogen) atoms. The second-order valence-electron chi connectivity index (χ2n) is 6.28. The largest absolute Gasteiger partial charge is 0.495 e. The van der Waals surface area contributed by atoms with Crippen molar-refractivity contribution in [2.45, 2.75) is 6.92 Å². The first-order chi connectivity index (χ1) is 13.6. The number of nitrogens with one attached hydrogen (secondary N) is 2.